The van der Waals surface area contributed by atoms with Crippen LogP contribution in [0.4, 0.5) is 5.82 Å². The SMILES string of the molecule is COC(=O)Cc1cccc(Cn2c(Br)nc3c(N)nc(Cl)nc32)c1. The first-order valence-corrected chi connectivity index (χ1v) is 8.14. The van der Waals surface area contributed by atoms with E-state index in [1.165, 1.54) is 7.11 Å². The molecule has 0 bridgehead atoms. The first kappa shape index (κ1) is 16.7. The predicted octanol–water partition coefficient (Wildman–Crippen LogP) is 2.59. The van der Waals surface area contributed by atoms with Gasteiger partial charge >= 0.3 is 5.97 Å². The topological polar surface area (TPSA) is 95.9 Å². The second kappa shape index (κ2) is 6.74. The quantitative estimate of drug-likeness (QED) is 0.403. The smallest absolute Gasteiger partial charge is 0.309 e. The number of ether oxygens (including phenoxy) is 1. The average Bonchev–Trinajstić information content (AvgIpc) is 2.84. The molecule has 0 saturated heterocycles. The molecule has 0 aliphatic heterocycles. The summed E-state index contributed by atoms with van der Waals surface area (Å²) in [6.45, 7) is 0.485. The van der Waals surface area contributed by atoms with Crippen LogP contribution in [0.15, 0.2) is 29.0 Å². The third kappa shape index (κ3) is 3.34. The van der Waals surface area contributed by atoms with Crippen molar-refractivity contribution in [3.8, 4) is 0 Å². The zero-order valence-corrected chi connectivity index (χ0v) is 15.0. The molecule has 0 atom stereocenters. The zero-order chi connectivity index (χ0) is 17.3. The highest BCUT2D eigenvalue weighted by Crippen LogP contribution is 2.24. The number of anilines is 1. The van der Waals surface area contributed by atoms with Gasteiger partial charge < -0.3 is 10.5 Å². The third-order valence-electron chi connectivity index (χ3n) is 3.46. The molecule has 2 aromatic heterocycles. The van der Waals surface area contributed by atoms with Gasteiger partial charge in [-0.1, -0.05) is 24.3 Å². The molecule has 0 aliphatic rings. The summed E-state index contributed by atoms with van der Waals surface area (Å²) in [6.07, 6.45) is 0.219. The molecular weight excluding hydrogens is 398 g/mol. The van der Waals surface area contributed by atoms with Gasteiger partial charge in [0.1, 0.15) is 0 Å². The molecule has 0 amide bonds. The fourth-order valence-corrected chi connectivity index (χ4v) is 3.01. The maximum absolute atomic E-state index is 11.4. The highest BCUT2D eigenvalue weighted by atomic mass is 79.9. The number of nitrogen functional groups attached to an aromatic ring is 1. The monoisotopic (exact) mass is 409 g/mol. The van der Waals surface area contributed by atoms with E-state index in [9.17, 15) is 4.79 Å². The van der Waals surface area contributed by atoms with E-state index in [4.69, 9.17) is 22.1 Å². The maximum atomic E-state index is 11.4. The number of nitrogens with two attached hydrogens (primary N) is 1. The fraction of sp³-hybridized carbons (Fsp3) is 0.200. The molecule has 0 unspecified atom stereocenters. The molecule has 0 radical (unpaired) electrons. The summed E-state index contributed by atoms with van der Waals surface area (Å²) in [7, 11) is 1.37. The molecule has 9 heteroatoms. The Morgan fingerprint density at radius 1 is 1.33 bits per heavy atom. The van der Waals surface area contributed by atoms with Gasteiger partial charge in [-0.15, -0.1) is 0 Å². The van der Waals surface area contributed by atoms with Crippen LogP contribution in [-0.2, 0) is 22.5 Å². The number of hydrogen-bond acceptors (Lipinski definition) is 6. The van der Waals surface area contributed by atoms with Crippen molar-refractivity contribution in [2.45, 2.75) is 13.0 Å². The summed E-state index contributed by atoms with van der Waals surface area (Å²) in [5, 5.41) is 0.0630. The molecule has 1 aromatic carbocycles. The summed E-state index contributed by atoms with van der Waals surface area (Å²) in [5.74, 6) is -0.0578. The van der Waals surface area contributed by atoms with Crippen LogP contribution >= 0.6 is 27.5 Å². The Labute approximate surface area is 150 Å². The number of rotatable bonds is 4. The summed E-state index contributed by atoms with van der Waals surface area (Å²) >= 11 is 9.30. The van der Waals surface area contributed by atoms with E-state index >= 15 is 0 Å². The van der Waals surface area contributed by atoms with Crippen molar-refractivity contribution in [3.05, 3.63) is 45.4 Å². The minimum Gasteiger partial charge on any atom is -0.469 e. The Kier molecular flexibility index (Phi) is 4.68. The lowest BCUT2D eigenvalue weighted by molar-refractivity contribution is -0.139. The van der Waals surface area contributed by atoms with Crippen LogP contribution in [0.2, 0.25) is 5.28 Å². The second-order valence-electron chi connectivity index (χ2n) is 5.09. The van der Waals surface area contributed by atoms with Crippen LogP contribution in [-0.4, -0.2) is 32.6 Å². The van der Waals surface area contributed by atoms with Gasteiger partial charge in [0.15, 0.2) is 21.7 Å². The van der Waals surface area contributed by atoms with Crippen LogP contribution in [0, 0.1) is 0 Å². The number of aromatic nitrogens is 4. The van der Waals surface area contributed by atoms with Crippen LogP contribution in [0.5, 0.6) is 0 Å². The highest BCUT2D eigenvalue weighted by Gasteiger charge is 2.15. The number of esters is 1. The molecule has 0 spiro atoms. The average molecular weight is 411 g/mol. The minimum absolute atomic E-state index is 0.0630. The molecular formula is C15H13BrClN5O2. The number of imidazole rings is 1. The van der Waals surface area contributed by atoms with E-state index < -0.39 is 0 Å². The number of methoxy groups -OCH3 is 1. The Hall–Kier alpha value is -2.19. The van der Waals surface area contributed by atoms with Crippen molar-refractivity contribution < 1.29 is 9.53 Å². The molecule has 0 fully saturated rings. The molecule has 0 aliphatic carbocycles. The number of halogens is 2. The largest absolute Gasteiger partial charge is 0.469 e. The molecule has 2 N–H and O–H groups in total. The van der Waals surface area contributed by atoms with Crippen LogP contribution in [0.3, 0.4) is 0 Å². The molecule has 24 heavy (non-hydrogen) atoms. The summed E-state index contributed by atoms with van der Waals surface area (Å²) < 4.78 is 7.09. The Morgan fingerprint density at radius 3 is 2.83 bits per heavy atom. The van der Waals surface area contributed by atoms with Crippen molar-refractivity contribution in [1.82, 2.24) is 19.5 Å². The van der Waals surface area contributed by atoms with Gasteiger partial charge in [0, 0.05) is 0 Å². The minimum atomic E-state index is -0.284. The predicted molar refractivity (Wildman–Crippen MR) is 93.7 cm³/mol. The Morgan fingerprint density at radius 2 is 2.08 bits per heavy atom. The van der Waals surface area contributed by atoms with Crippen molar-refractivity contribution in [2.75, 3.05) is 12.8 Å². The van der Waals surface area contributed by atoms with Crippen molar-refractivity contribution in [3.63, 3.8) is 0 Å². The fourth-order valence-electron chi connectivity index (χ4n) is 2.37. The lowest BCUT2D eigenvalue weighted by Gasteiger charge is -2.08. The standard InChI is InChI=1S/C15H13BrClN5O2/c1-24-10(23)6-8-3-2-4-9(5-8)7-22-13-11(19-14(22)16)12(18)20-15(17)21-13/h2-5H,6-7H2,1H3,(H2,18,20,21). The lowest BCUT2D eigenvalue weighted by Crippen LogP contribution is -2.06. The number of hydrogen-bond donors (Lipinski definition) is 1. The van der Waals surface area contributed by atoms with E-state index in [0.29, 0.717) is 22.4 Å². The van der Waals surface area contributed by atoms with Gasteiger partial charge in [0.25, 0.3) is 0 Å². The first-order valence-electron chi connectivity index (χ1n) is 6.97. The van der Waals surface area contributed by atoms with E-state index in [0.717, 1.165) is 11.1 Å². The molecule has 2 heterocycles. The van der Waals surface area contributed by atoms with E-state index in [1.54, 1.807) is 0 Å². The summed E-state index contributed by atoms with van der Waals surface area (Å²) in [6, 6.07) is 7.64. The molecule has 7 nitrogen and oxygen atoms in total. The first-order chi connectivity index (χ1) is 11.5. The molecule has 3 aromatic rings. The Balaban J connectivity index is 1.97. The Bertz CT molecular complexity index is 928. The zero-order valence-electron chi connectivity index (χ0n) is 12.7. The third-order valence-corrected chi connectivity index (χ3v) is 4.23. The van der Waals surface area contributed by atoms with Crippen molar-refractivity contribution in [2.24, 2.45) is 0 Å². The number of carbonyl (C=O) groups excluding carboxylic acids is 1. The number of benzene rings is 1. The van der Waals surface area contributed by atoms with E-state index in [-0.39, 0.29) is 23.5 Å². The van der Waals surface area contributed by atoms with Gasteiger partial charge in [-0.2, -0.15) is 9.97 Å². The van der Waals surface area contributed by atoms with Crippen LogP contribution in [0.1, 0.15) is 11.1 Å². The number of carbonyl (C=O) groups is 1. The van der Waals surface area contributed by atoms with Gasteiger partial charge in [-0.25, -0.2) is 4.98 Å². The normalized spacial score (nSPS) is 11.0. The van der Waals surface area contributed by atoms with E-state index in [2.05, 4.69) is 30.9 Å². The molecule has 3 rings (SSSR count). The van der Waals surface area contributed by atoms with Crippen molar-refractivity contribution in [1.29, 1.82) is 0 Å². The van der Waals surface area contributed by atoms with Crippen molar-refractivity contribution >= 4 is 50.5 Å². The number of nitrogens with zero attached hydrogens (tertiary/aromatic N) is 4. The lowest BCUT2D eigenvalue weighted by atomic mass is 10.1. The maximum Gasteiger partial charge on any atom is 0.309 e. The summed E-state index contributed by atoms with van der Waals surface area (Å²) in [5.41, 5.74) is 8.71. The summed E-state index contributed by atoms with van der Waals surface area (Å²) in [4.78, 5) is 23.9. The van der Waals surface area contributed by atoms with E-state index in [1.807, 2.05) is 28.8 Å². The molecule has 0 saturated carbocycles. The van der Waals surface area contributed by atoms with Gasteiger partial charge in [-0.3, -0.25) is 9.36 Å². The second-order valence-corrected chi connectivity index (χ2v) is 6.14. The number of fused-ring (bicyclic) bond motifs is 1. The van der Waals surface area contributed by atoms with Gasteiger partial charge in [0.05, 0.1) is 20.1 Å². The highest BCUT2D eigenvalue weighted by molar-refractivity contribution is 9.10. The van der Waals surface area contributed by atoms with Gasteiger partial charge in [-0.05, 0) is 38.7 Å². The molecule has 124 valence electrons. The van der Waals surface area contributed by atoms with Crippen LogP contribution in [0.25, 0.3) is 11.2 Å². The van der Waals surface area contributed by atoms with Crippen LogP contribution < -0.4 is 5.73 Å². The van der Waals surface area contributed by atoms with Gasteiger partial charge in [0.2, 0.25) is 5.28 Å².